The van der Waals surface area contributed by atoms with Crippen LogP contribution in [0, 0.1) is 0 Å². The third-order valence-electron chi connectivity index (χ3n) is 7.37. The van der Waals surface area contributed by atoms with Gasteiger partial charge in [0, 0.05) is 43.2 Å². The number of piperidine rings is 1. The Hall–Kier alpha value is -5.35. The summed E-state index contributed by atoms with van der Waals surface area (Å²) >= 11 is 0. The number of H-pyrrole nitrogens is 1. The molecule has 3 rings (SSSR count). The number of aliphatic carboxylic acids is 2. The third-order valence-corrected chi connectivity index (χ3v) is 7.37. The van der Waals surface area contributed by atoms with Crippen molar-refractivity contribution in [3.8, 4) is 0 Å². The molecule has 17 heteroatoms. The SMILES string of the molecule is NC(N)=NCCC[C@H](NC(=O)N1CCCCC1)C(=O)NCC(=O)N[C@@H](CC(=O)O)C(=O)N[C@@H](Cc1c[nH]c2ccccc12)C(=O)O. The molecule has 2 aromatic rings. The van der Waals surface area contributed by atoms with Crippen molar-refractivity contribution < 1.29 is 39.0 Å². The number of likely N-dealkylation sites (tertiary alicyclic amines) is 1. The number of hydrogen-bond acceptors (Lipinski definition) is 7. The number of amides is 5. The van der Waals surface area contributed by atoms with Crippen LogP contribution in [0.4, 0.5) is 4.79 Å². The lowest BCUT2D eigenvalue weighted by molar-refractivity contribution is -0.143. The van der Waals surface area contributed by atoms with Gasteiger partial charge in [-0.05, 0) is 43.7 Å². The van der Waals surface area contributed by atoms with Crippen LogP contribution in [0.2, 0.25) is 0 Å². The van der Waals surface area contributed by atoms with E-state index in [0.717, 1.165) is 30.2 Å². The number of nitrogens with zero attached hydrogens (tertiary/aromatic N) is 2. The fourth-order valence-corrected chi connectivity index (χ4v) is 5.02. The van der Waals surface area contributed by atoms with Crippen molar-refractivity contribution in [2.75, 3.05) is 26.2 Å². The first-order valence-electron chi connectivity index (χ1n) is 14.9. The maximum absolute atomic E-state index is 13.0. The molecule has 5 amide bonds. The number of aliphatic imine (C=N–C) groups is 1. The minimum Gasteiger partial charge on any atom is -0.481 e. The number of aromatic nitrogens is 1. The minimum atomic E-state index is -1.64. The largest absolute Gasteiger partial charge is 0.481 e. The van der Waals surface area contributed by atoms with Gasteiger partial charge in [-0.2, -0.15) is 0 Å². The van der Waals surface area contributed by atoms with Crippen LogP contribution in [0.5, 0.6) is 0 Å². The second-order valence-corrected chi connectivity index (χ2v) is 10.9. The van der Waals surface area contributed by atoms with Gasteiger partial charge >= 0.3 is 18.0 Å². The molecule has 1 fully saturated rings. The fourth-order valence-electron chi connectivity index (χ4n) is 5.02. The number of carbonyl (C=O) groups is 6. The van der Waals surface area contributed by atoms with E-state index in [-0.39, 0.29) is 25.3 Å². The average Bonchev–Trinajstić information content (AvgIpc) is 3.43. The number of aromatic amines is 1. The highest BCUT2D eigenvalue weighted by molar-refractivity contribution is 5.95. The van der Waals surface area contributed by atoms with Gasteiger partial charge in [-0.3, -0.25) is 24.2 Å². The molecular formula is C29H41N9O8. The number of carboxylic acid groups (broad SMARTS) is 2. The highest BCUT2D eigenvalue weighted by Gasteiger charge is 2.30. The van der Waals surface area contributed by atoms with Crippen molar-refractivity contribution in [3.63, 3.8) is 0 Å². The van der Waals surface area contributed by atoms with Crippen molar-refractivity contribution >= 4 is 52.6 Å². The number of urea groups is 1. The molecule has 1 aromatic carbocycles. The summed E-state index contributed by atoms with van der Waals surface area (Å²) in [4.78, 5) is 83.5. The Balaban J connectivity index is 1.61. The number of guanidine groups is 1. The molecule has 0 bridgehead atoms. The second-order valence-electron chi connectivity index (χ2n) is 10.9. The number of hydrogen-bond donors (Lipinski definition) is 9. The molecule has 0 saturated carbocycles. The van der Waals surface area contributed by atoms with E-state index in [1.54, 1.807) is 23.2 Å². The first kappa shape index (κ1) is 35.1. The molecule has 250 valence electrons. The molecule has 17 nitrogen and oxygen atoms in total. The standard InChI is InChI=1S/C29H41N9O8/c30-28(31)32-10-6-9-20(37-29(46)38-11-4-1-5-12-38)25(42)34-16-23(39)35-21(14-24(40)41)26(43)36-22(27(44)45)13-17-15-33-19-8-3-2-7-18(17)19/h2-3,7-8,15,20-22,33H,1,4-6,9-14,16H2,(H,34,42)(H,35,39)(H,36,43)(H,37,46)(H,40,41)(H,44,45)(H4,30,31,32)/t20-,21-,22-/m0/s1. The van der Waals surface area contributed by atoms with Gasteiger partial charge in [-0.15, -0.1) is 0 Å². The van der Waals surface area contributed by atoms with Crippen LogP contribution in [0.3, 0.4) is 0 Å². The maximum Gasteiger partial charge on any atom is 0.326 e. The highest BCUT2D eigenvalue weighted by Crippen LogP contribution is 2.19. The van der Waals surface area contributed by atoms with Crippen LogP contribution in [-0.4, -0.2) is 106 Å². The van der Waals surface area contributed by atoms with Gasteiger partial charge in [-0.25, -0.2) is 9.59 Å². The number of para-hydroxylation sites is 1. The minimum absolute atomic E-state index is 0.109. The van der Waals surface area contributed by atoms with Crippen molar-refractivity contribution in [1.29, 1.82) is 0 Å². The van der Waals surface area contributed by atoms with Crippen LogP contribution >= 0.6 is 0 Å². The van der Waals surface area contributed by atoms with Gasteiger partial charge < -0.3 is 52.8 Å². The quantitative estimate of drug-likeness (QED) is 0.0609. The molecule has 0 unspecified atom stereocenters. The zero-order valence-corrected chi connectivity index (χ0v) is 25.3. The second kappa shape index (κ2) is 17.2. The Morgan fingerprint density at radius 2 is 1.63 bits per heavy atom. The lowest BCUT2D eigenvalue weighted by Crippen LogP contribution is -2.55. The Morgan fingerprint density at radius 3 is 2.30 bits per heavy atom. The van der Waals surface area contributed by atoms with E-state index >= 15 is 0 Å². The van der Waals surface area contributed by atoms with Gasteiger partial charge in [0.1, 0.15) is 18.1 Å². The van der Waals surface area contributed by atoms with E-state index in [4.69, 9.17) is 11.5 Å². The summed E-state index contributed by atoms with van der Waals surface area (Å²) in [6.45, 7) is 0.655. The molecule has 3 atom stereocenters. The van der Waals surface area contributed by atoms with E-state index in [0.29, 0.717) is 25.1 Å². The number of fused-ring (bicyclic) bond motifs is 1. The Morgan fingerprint density at radius 1 is 0.913 bits per heavy atom. The lowest BCUT2D eigenvalue weighted by atomic mass is 10.0. The predicted octanol–water partition coefficient (Wildman–Crippen LogP) is -1.03. The number of nitrogens with two attached hydrogens (primary N) is 2. The molecule has 1 aliphatic rings. The molecule has 0 radical (unpaired) electrons. The summed E-state index contributed by atoms with van der Waals surface area (Å²) in [6, 6.07) is 2.66. The molecule has 1 aliphatic heterocycles. The first-order chi connectivity index (χ1) is 21.9. The fraction of sp³-hybridized carbons (Fsp3) is 0.483. The van der Waals surface area contributed by atoms with Crippen molar-refractivity contribution in [2.45, 2.75) is 63.1 Å². The normalized spacial score (nSPS) is 14.7. The molecular weight excluding hydrogens is 602 g/mol. The Kier molecular flexibility index (Phi) is 13.2. The number of carbonyl (C=O) groups excluding carboxylic acids is 4. The Labute approximate surface area is 264 Å². The van der Waals surface area contributed by atoms with E-state index in [1.165, 1.54) is 0 Å². The smallest absolute Gasteiger partial charge is 0.326 e. The number of benzene rings is 1. The lowest BCUT2D eigenvalue weighted by Gasteiger charge is -2.29. The third kappa shape index (κ3) is 11.0. The van der Waals surface area contributed by atoms with Crippen LogP contribution in [0.15, 0.2) is 35.5 Å². The van der Waals surface area contributed by atoms with E-state index < -0.39 is 66.8 Å². The van der Waals surface area contributed by atoms with Gasteiger partial charge in [0.2, 0.25) is 17.7 Å². The number of carboxylic acids is 2. The summed E-state index contributed by atoms with van der Waals surface area (Å²) in [5, 5.41) is 29.5. The molecule has 1 aromatic heterocycles. The summed E-state index contributed by atoms with van der Waals surface area (Å²) < 4.78 is 0. The van der Waals surface area contributed by atoms with E-state index in [2.05, 4.69) is 31.2 Å². The topological polar surface area (TPSA) is 274 Å². The summed E-state index contributed by atoms with van der Waals surface area (Å²) in [7, 11) is 0. The summed E-state index contributed by atoms with van der Waals surface area (Å²) in [5.74, 6) is -5.52. The van der Waals surface area contributed by atoms with E-state index in [1.807, 2.05) is 12.1 Å². The van der Waals surface area contributed by atoms with Gasteiger partial charge in [0.15, 0.2) is 5.96 Å². The van der Waals surface area contributed by atoms with Crippen molar-refractivity contribution in [3.05, 3.63) is 36.0 Å². The maximum atomic E-state index is 13.0. The van der Waals surface area contributed by atoms with Crippen LogP contribution < -0.4 is 32.7 Å². The predicted molar refractivity (Wildman–Crippen MR) is 166 cm³/mol. The monoisotopic (exact) mass is 643 g/mol. The van der Waals surface area contributed by atoms with Gasteiger partial charge in [-0.1, -0.05) is 18.2 Å². The van der Waals surface area contributed by atoms with E-state index in [9.17, 15) is 39.0 Å². The Bertz CT molecular complexity index is 1430. The molecule has 0 spiro atoms. The molecule has 2 heterocycles. The highest BCUT2D eigenvalue weighted by atomic mass is 16.4. The zero-order valence-electron chi connectivity index (χ0n) is 25.3. The first-order valence-corrected chi connectivity index (χ1v) is 14.9. The average molecular weight is 644 g/mol. The number of rotatable bonds is 16. The van der Waals surface area contributed by atoms with Gasteiger partial charge in [0.05, 0.1) is 13.0 Å². The van der Waals surface area contributed by atoms with Crippen LogP contribution in [0.25, 0.3) is 10.9 Å². The van der Waals surface area contributed by atoms with Crippen molar-refractivity contribution in [1.82, 2.24) is 31.2 Å². The van der Waals surface area contributed by atoms with Crippen molar-refractivity contribution in [2.24, 2.45) is 16.5 Å². The zero-order chi connectivity index (χ0) is 33.6. The van der Waals surface area contributed by atoms with Gasteiger partial charge in [0.25, 0.3) is 0 Å². The molecule has 0 aliphatic carbocycles. The summed E-state index contributed by atoms with van der Waals surface area (Å²) in [6.07, 6.45) is 3.85. The van der Waals surface area contributed by atoms with Crippen LogP contribution in [-0.2, 0) is 30.4 Å². The molecule has 46 heavy (non-hydrogen) atoms. The number of nitrogens with one attached hydrogen (secondary N) is 5. The summed E-state index contributed by atoms with van der Waals surface area (Å²) in [5.41, 5.74) is 12.1. The van der Waals surface area contributed by atoms with Crippen LogP contribution in [0.1, 0.15) is 44.1 Å². The molecule has 1 saturated heterocycles. The molecule has 11 N–H and O–H groups in total.